The Morgan fingerprint density at radius 2 is 2.14 bits per heavy atom. The summed E-state index contributed by atoms with van der Waals surface area (Å²) in [7, 11) is 0. The maximum absolute atomic E-state index is 12.9. The van der Waals surface area contributed by atoms with E-state index in [4.69, 9.17) is 0 Å². The molecule has 0 saturated heterocycles. The second kappa shape index (κ2) is 3.23. The van der Waals surface area contributed by atoms with Crippen LogP contribution in [0, 0.1) is 0 Å². The van der Waals surface area contributed by atoms with Crippen LogP contribution in [0.2, 0.25) is 0 Å². The summed E-state index contributed by atoms with van der Waals surface area (Å²) in [4.78, 5) is 0. The van der Waals surface area contributed by atoms with E-state index in [2.05, 4.69) is 0 Å². The molecule has 1 unspecified atom stereocenters. The quantitative estimate of drug-likeness (QED) is 0.734. The molecule has 0 radical (unpaired) electrons. The average Bonchev–Trinajstić information content (AvgIpc) is 2.46. The molecule has 1 aliphatic carbocycles. The second-order valence-corrected chi connectivity index (χ2v) is 3.89. The molecular formula is C11H12F2O. The van der Waals surface area contributed by atoms with Crippen LogP contribution in [0.25, 0.3) is 0 Å². The number of aromatic hydroxyl groups is 1. The van der Waals surface area contributed by atoms with Crippen LogP contribution in [0.15, 0.2) is 24.3 Å². The fourth-order valence-electron chi connectivity index (χ4n) is 2.01. The van der Waals surface area contributed by atoms with Crippen molar-refractivity contribution in [1.82, 2.24) is 0 Å². The topological polar surface area (TPSA) is 20.2 Å². The molecule has 2 rings (SSSR count). The smallest absolute Gasteiger partial charge is 0.248 e. The van der Waals surface area contributed by atoms with Crippen LogP contribution in [0.3, 0.4) is 0 Å². The van der Waals surface area contributed by atoms with Gasteiger partial charge in [0.25, 0.3) is 0 Å². The number of phenolic OH excluding ortho intramolecular Hbond substituents is 1. The summed E-state index contributed by atoms with van der Waals surface area (Å²) in [6.45, 7) is 0. The monoisotopic (exact) mass is 198 g/mol. The van der Waals surface area contributed by atoms with Crippen molar-refractivity contribution in [3.63, 3.8) is 0 Å². The van der Waals surface area contributed by atoms with Gasteiger partial charge in [-0.05, 0) is 30.0 Å². The molecule has 0 amide bonds. The highest BCUT2D eigenvalue weighted by Crippen LogP contribution is 2.44. The van der Waals surface area contributed by atoms with Crippen LogP contribution in [-0.2, 0) is 0 Å². The van der Waals surface area contributed by atoms with Crippen molar-refractivity contribution in [3.05, 3.63) is 29.8 Å². The van der Waals surface area contributed by atoms with Gasteiger partial charge in [0, 0.05) is 12.8 Å². The molecule has 1 atom stereocenters. The number of rotatable bonds is 1. The summed E-state index contributed by atoms with van der Waals surface area (Å²) in [5.74, 6) is -2.47. The first-order valence-corrected chi connectivity index (χ1v) is 4.74. The van der Waals surface area contributed by atoms with Gasteiger partial charge in [-0.15, -0.1) is 0 Å². The van der Waals surface area contributed by atoms with Crippen LogP contribution < -0.4 is 0 Å². The minimum absolute atomic E-state index is 0.0344. The molecule has 1 nitrogen and oxygen atoms in total. The van der Waals surface area contributed by atoms with Crippen LogP contribution in [-0.4, -0.2) is 11.0 Å². The van der Waals surface area contributed by atoms with Gasteiger partial charge in [-0.2, -0.15) is 0 Å². The van der Waals surface area contributed by atoms with Crippen LogP contribution in [0.4, 0.5) is 8.78 Å². The molecule has 1 aromatic rings. The van der Waals surface area contributed by atoms with Gasteiger partial charge in [-0.1, -0.05) is 12.1 Å². The molecule has 3 heteroatoms. The lowest BCUT2D eigenvalue weighted by Crippen LogP contribution is -2.09. The van der Waals surface area contributed by atoms with Gasteiger partial charge >= 0.3 is 0 Å². The molecule has 0 heterocycles. The maximum Gasteiger partial charge on any atom is 0.248 e. The van der Waals surface area contributed by atoms with Crippen molar-refractivity contribution >= 4 is 0 Å². The van der Waals surface area contributed by atoms with E-state index in [-0.39, 0.29) is 24.5 Å². The molecule has 1 aromatic carbocycles. The summed E-state index contributed by atoms with van der Waals surface area (Å²) in [6, 6.07) is 6.62. The van der Waals surface area contributed by atoms with Crippen LogP contribution >= 0.6 is 0 Å². The highest BCUT2D eigenvalue weighted by molar-refractivity contribution is 5.30. The molecule has 0 bridgehead atoms. The molecule has 0 aliphatic heterocycles. The summed E-state index contributed by atoms with van der Waals surface area (Å²) in [6.07, 6.45) is 0.389. The van der Waals surface area contributed by atoms with Crippen molar-refractivity contribution in [1.29, 1.82) is 0 Å². The third-order valence-electron chi connectivity index (χ3n) is 2.75. The van der Waals surface area contributed by atoms with Crippen LogP contribution in [0.5, 0.6) is 5.75 Å². The molecule has 0 spiro atoms. The lowest BCUT2D eigenvalue weighted by atomic mass is 9.97. The molecule has 1 saturated carbocycles. The first-order valence-electron chi connectivity index (χ1n) is 4.74. The summed E-state index contributed by atoms with van der Waals surface area (Å²) < 4.78 is 25.8. The Hall–Kier alpha value is -1.12. The predicted octanol–water partition coefficient (Wildman–Crippen LogP) is 3.30. The Bertz CT molecular complexity index is 336. The number of hydrogen-bond acceptors (Lipinski definition) is 1. The Balaban J connectivity index is 2.17. The fraction of sp³-hybridized carbons (Fsp3) is 0.455. The third kappa shape index (κ3) is 1.86. The SMILES string of the molecule is Oc1cccc(C2CCC(F)(F)C2)c1. The van der Waals surface area contributed by atoms with Crippen molar-refractivity contribution in [2.75, 3.05) is 0 Å². The van der Waals surface area contributed by atoms with E-state index in [9.17, 15) is 13.9 Å². The van der Waals surface area contributed by atoms with E-state index in [0.29, 0.717) is 6.42 Å². The van der Waals surface area contributed by atoms with Gasteiger partial charge in [0.15, 0.2) is 0 Å². The molecule has 0 aromatic heterocycles. The van der Waals surface area contributed by atoms with E-state index in [1.54, 1.807) is 24.3 Å². The van der Waals surface area contributed by atoms with E-state index in [0.717, 1.165) is 5.56 Å². The highest BCUT2D eigenvalue weighted by atomic mass is 19.3. The fourth-order valence-corrected chi connectivity index (χ4v) is 2.01. The number of benzene rings is 1. The summed E-state index contributed by atoms with van der Waals surface area (Å²) >= 11 is 0. The zero-order valence-corrected chi connectivity index (χ0v) is 7.71. The molecule has 14 heavy (non-hydrogen) atoms. The Kier molecular flexibility index (Phi) is 2.17. The van der Waals surface area contributed by atoms with Gasteiger partial charge < -0.3 is 5.11 Å². The number of halogens is 2. The highest BCUT2D eigenvalue weighted by Gasteiger charge is 2.39. The minimum Gasteiger partial charge on any atom is -0.508 e. The molecule has 1 N–H and O–H groups in total. The van der Waals surface area contributed by atoms with Crippen LogP contribution in [0.1, 0.15) is 30.7 Å². The molecule has 1 fully saturated rings. The van der Waals surface area contributed by atoms with Gasteiger partial charge in [0.1, 0.15) is 5.75 Å². The van der Waals surface area contributed by atoms with Gasteiger partial charge in [0.05, 0.1) is 0 Å². The van der Waals surface area contributed by atoms with Crippen molar-refractivity contribution in [3.8, 4) is 5.75 Å². The van der Waals surface area contributed by atoms with E-state index < -0.39 is 5.92 Å². The lowest BCUT2D eigenvalue weighted by molar-refractivity contribution is 0.00776. The standard InChI is InChI=1S/C11H12F2O/c12-11(13)5-4-9(7-11)8-2-1-3-10(14)6-8/h1-3,6,9,14H,4-5,7H2. The predicted molar refractivity (Wildman–Crippen MR) is 49.6 cm³/mol. The van der Waals surface area contributed by atoms with E-state index >= 15 is 0 Å². The van der Waals surface area contributed by atoms with Crippen molar-refractivity contribution in [2.24, 2.45) is 0 Å². The van der Waals surface area contributed by atoms with Crippen molar-refractivity contribution in [2.45, 2.75) is 31.1 Å². The van der Waals surface area contributed by atoms with Crippen molar-refractivity contribution < 1.29 is 13.9 Å². The summed E-state index contributed by atoms with van der Waals surface area (Å²) in [5.41, 5.74) is 0.821. The van der Waals surface area contributed by atoms with E-state index in [1.165, 1.54) is 0 Å². The van der Waals surface area contributed by atoms with Gasteiger partial charge in [0.2, 0.25) is 5.92 Å². The van der Waals surface area contributed by atoms with Gasteiger partial charge in [-0.3, -0.25) is 0 Å². The Morgan fingerprint density at radius 1 is 1.36 bits per heavy atom. The molecule has 76 valence electrons. The molecule has 1 aliphatic rings. The lowest BCUT2D eigenvalue weighted by Gasteiger charge is -2.10. The first-order chi connectivity index (χ1) is 6.57. The van der Waals surface area contributed by atoms with E-state index in [1.807, 2.05) is 0 Å². The minimum atomic E-state index is -2.52. The second-order valence-electron chi connectivity index (χ2n) is 3.89. The first kappa shape index (κ1) is 9.44. The summed E-state index contributed by atoms with van der Waals surface area (Å²) in [5, 5.41) is 9.22. The zero-order valence-electron chi connectivity index (χ0n) is 7.71. The Morgan fingerprint density at radius 3 is 2.71 bits per heavy atom. The largest absolute Gasteiger partial charge is 0.508 e. The normalized spacial score (nSPS) is 25.1. The van der Waals surface area contributed by atoms with Gasteiger partial charge in [-0.25, -0.2) is 8.78 Å². The maximum atomic E-state index is 12.9. The number of phenols is 1. The zero-order chi connectivity index (χ0) is 10.2. The molecular weight excluding hydrogens is 186 g/mol. The Labute approximate surface area is 81.4 Å². The third-order valence-corrected chi connectivity index (χ3v) is 2.75. The number of alkyl halides is 2. The number of hydrogen-bond donors (Lipinski definition) is 1. The average molecular weight is 198 g/mol.